The Kier molecular flexibility index (Phi) is 7.04. The zero-order valence-corrected chi connectivity index (χ0v) is 18.0. The van der Waals surface area contributed by atoms with Crippen molar-refractivity contribution >= 4 is 29.3 Å². The van der Waals surface area contributed by atoms with E-state index < -0.39 is 18.5 Å². The molecule has 1 aliphatic rings. The second kappa shape index (κ2) is 10.5. The summed E-state index contributed by atoms with van der Waals surface area (Å²) in [4.78, 5) is 48.2. The average molecular weight is 444 g/mol. The van der Waals surface area contributed by atoms with Crippen LogP contribution >= 0.6 is 0 Å². The molecule has 4 rings (SSSR count). The van der Waals surface area contributed by atoms with Crippen molar-refractivity contribution in [1.82, 2.24) is 9.97 Å². The molecule has 1 aromatic heterocycles. The molecule has 0 aliphatic carbocycles. The van der Waals surface area contributed by atoms with Crippen molar-refractivity contribution in [3.63, 3.8) is 0 Å². The van der Waals surface area contributed by atoms with Gasteiger partial charge in [0.25, 0.3) is 5.91 Å². The summed E-state index contributed by atoms with van der Waals surface area (Å²) >= 11 is 0. The van der Waals surface area contributed by atoms with E-state index in [1.165, 1.54) is 0 Å². The molecule has 2 heterocycles. The summed E-state index contributed by atoms with van der Waals surface area (Å²) < 4.78 is 5.26. The Balaban J connectivity index is 1.29. The first-order valence-corrected chi connectivity index (χ1v) is 10.8. The molecule has 0 unspecified atom stereocenters. The van der Waals surface area contributed by atoms with Gasteiger partial charge in [-0.05, 0) is 31.0 Å². The number of nitrogens with zero attached hydrogens (tertiary/aromatic N) is 3. The Morgan fingerprint density at radius 1 is 0.909 bits per heavy atom. The highest BCUT2D eigenvalue weighted by Crippen LogP contribution is 2.22. The van der Waals surface area contributed by atoms with Gasteiger partial charge in [-0.15, -0.1) is 0 Å². The number of aromatic nitrogens is 2. The molecule has 1 amide bonds. The highest BCUT2D eigenvalue weighted by Gasteiger charge is 2.27. The fourth-order valence-corrected chi connectivity index (χ4v) is 3.75. The lowest BCUT2D eigenvalue weighted by Gasteiger charge is -2.30. The summed E-state index contributed by atoms with van der Waals surface area (Å²) in [5.41, 5.74) is 1.28. The Bertz CT molecular complexity index is 1110. The Morgan fingerprint density at radius 2 is 1.58 bits per heavy atom. The number of hydrogen-bond acceptors (Lipinski definition) is 7. The van der Waals surface area contributed by atoms with Crippen LogP contribution in [-0.4, -0.2) is 47.3 Å². The molecule has 0 spiro atoms. The maximum absolute atomic E-state index is 12.8. The van der Waals surface area contributed by atoms with Crippen LogP contribution in [0.4, 0.5) is 11.6 Å². The second-order valence-corrected chi connectivity index (χ2v) is 7.71. The van der Waals surface area contributed by atoms with Crippen LogP contribution in [-0.2, 0) is 14.3 Å². The van der Waals surface area contributed by atoms with E-state index in [0.29, 0.717) is 48.7 Å². The Labute approximate surface area is 191 Å². The van der Waals surface area contributed by atoms with E-state index in [0.717, 1.165) is 0 Å². The monoisotopic (exact) mass is 444 g/mol. The lowest BCUT2D eigenvalue weighted by atomic mass is 9.97. The number of para-hydroxylation sites is 1. The maximum Gasteiger partial charge on any atom is 0.309 e. The highest BCUT2D eigenvalue weighted by molar-refractivity contribution is 6.13. The van der Waals surface area contributed by atoms with E-state index in [1.54, 1.807) is 67.0 Å². The molecule has 8 nitrogen and oxygen atoms in total. The quantitative estimate of drug-likeness (QED) is 0.441. The number of piperidine rings is 1. The lowest BCUT2D eigenvalue weighted by Crippen LogP contribution is -2.38. The molecule has 33 heavy (non-hydrogen) atoms. The fourth-order valence-electron chi connectivity index (χ4n) is 3.75. The van der Waals surface area contributed by atoms with Gasteiger partial charge in [-0.2, -0.15) is 0 Å². The number of carbonyl (C=O) groups is 3. The third kappa shape index (κ3) is 5.60. The van der Waals surface area contributed by atoms with Gasteiger partial charge in [-0.3, -0.25) is 14.4 Å². The van der Waals surface area contributed by atoms with Gasteiger partial charge in [0.15, 0.2) is 12.4 Å². The summed E-state index contributed by atoms with van der Waals surface area (Å²) in [6.07, 6.45) is 4.58. The van der Waals surface area contributed by atoms with Gasteiger partial charge in [-0.25, -0.2) is 9.97 Å². The summed E-state index contributed by atoms with van der Waals surface area (Å²) in [5.74, 6) is -0.714. The van der Waals surface area contributed by atoms with Crippen LogP contribution < -0.4 is 10.2 Å². The number of hydrogen-bond donors (Lipinski definition) is 1. The first kappa shape index (κ1) is 22.1. The summed E-state index contributed by atoms with van der Waals surface area (Å²) in [6, 6.07) is 17.4. The predicted octanol–water partition coefficient (Wildman–Crippen LogP) is 3.11. The third-order valence-electron chi connectivity index (χ3n) is 5.49. The van der Waals surface area contributed by atoms with Crippen molar-refractivity contribution in [2.24, 2.45) is 5.92 Å². The summed E-state index contributed by atoms with van der Waals surface area (Å²) in [6.45, 7) is 0.880. The molecule has 1 N–H and O–H groups in total. The van der Waals surface area contributed by atoms with Gasteiger partial charge >= 0.3 is 5.97 Å². The van der Waals surface area contributed by atoms with Gasteiger partial charge in [0, 0.05) is 36.6 Å². The van der Waals surface area contributed by atoms with E-state index in [4.69, 9.17) is 4.74 Å². The van der Waals surface area contributed by atoms with E-state index >= 15 is 0 Å². The van der Waals surface area contributed by atoms with E-state index in [-0.39, 0.29) is 11.7 Å². The number of nitrogens with one attached hydrogen (secondary N) is 1. The molecule has 0 saturated carbocycles. The van der Waals surface area contributed by atoms with Gasteiger partial charge in [0.05, 0.1) is 11.6 Å². The first-order chi connectivity index (χ1) is 16.1. The van der Waals surface area contributed by atoms with E-state index in [1.807, 2.05) is 11.0 Å². The van der Waals surface area contributed by atoms with Crippen LogP contribution in [0, 0.1) is 5.92 Å². The van der Waals surface area contributed by atoms with E-state index in [9.17, 15) is 14.4 Å². The molecule has 0 bridgehead atoms. The molecule has 1 fully saturated rings. The first-order valence-electron chi connectivity index (χ1n) is 10.8. The van der Waals surface area contributed by atoms with Gasteiger partial charge in [-0.1, -0.05) is 42.5 Å². The summed E-state index contributed by atoms with van der Waals surface area (Å²) in [5, 5.41) is 2.69. The van der Waals surface area contributed by atoms with Gasteiger partial charge in [0.1, 0.15) is 0 Å². The molecule has 8 heteroatoms. The lowest BCUT2D eigenvalue weighted by molar-refractivity contribution is -0.152. The zero-order chi connectivity index (χ0) is 23.0. The normalized spacial score (nSPS) is 13.9. The van der Waals surface area contributed by atoms with Crippen molar-refractivity contribution in [2.45, 2.75) is 12.8 Å². The SMILES string of the molecule is O=C(COC(=O)C1CCN(c2ncccn2)CC1)Nc1ccccc1C(=O)c1ccccc1. The zero-order valence-electron chi connectivity index (χ0n) is 18.0. The van der Waals surface area contributed by atoms with E-state index in [2.05, 4.69) is 15.3 Å². The van der Waals surface area contributed by atoms with Crippen LogP contribution in [0.1, 0.15) is 28.8 Å². The summed E-state index contributed by atoms with van der Waals surface area (Å²) in [7, 11) is 0. The van der Waals surface area contributed by atoms with Crippen LogP contribution in [0.25, 0.3) is 0 Å². The molecule has 168 valence electrons. The minimum absolute atomic E-state index is 0.197. The smallest absolute Gasteiger partial charge is 0.309 e. The standard InChI is InChI=1S/C25H24N4O4/c30-22(28-21-10-5-4-9-20(21)23(31)18-7-2-1-3-8-18)17-33-24(32)19-11-15-29(16-12-19)25-26-13-6-14-27-25/h1-10,13-14,19H,11-12,15-17H2,(H,28,30). The number of ether oxygens (including phenoxy) is 1. The number of carbonyl (C=O) groups excluding carboxylic acids is 3. The molecular formula is C25H24N4O4. The van der Waals surface area contributed by atoms with Crippen molar-refractivity contribution in [2.75, 3.05) is 29.9 Å². The van der Waals surface area contributed by atoms with Crippen LogP contribution in [0.3, 0.4) is 0 Å². The van der Waals surface area contributed by atoms with Gasteiger partial charge in [0.2, 0.25) is 5.95 Å². The number of esters is 1. The Hall–Kier alpha value is -4.07. The highest BCUT2D eigenvalue weighted by atomic mass is 16.5. The van der Waals surface area contributed by atoms with Crippen molar-refractivity contribution in [3.05, 3.63) is 84.2 Å². The van der Waals surface area contributed by atoms with Crippen molar-refractivity contribution in [3.8, 4) is 0 Å². The van der Waals surface area contributed by atoms with Crippen LogP contribution in [0.5, 0.6) is 0 Å². The molecule has 1 saturated heterocycles. The van der Waals surface area contributed by atoms with Crippen molar-refractivity contribution < 1.29 is 19.1 Å². The molecule has 1 aliphatic heterocycles. The predicted molar refractivity (Wildman–Crippen MR) is 123 cm³/mol. The molecule has 0 radical (unpaired) electrons. The molecule has 2 aromatic carbocycles. The molecule has 3 aromatic rings. The van der Waals surface area contributed by atoms with Gasteiger partial charge < -0.3 is 15.0 Å². The second-order valence-electron chi connectivity index (χ2n) is 7.71. The topological polar surface area (TPSA) is 101 Å². The molecule has 0 atom stereocenters. The van der Waals surface area contributed by atoms with Crippen LogP contribution in [0.15, 0.2) is 73.1 Å². The average Bonchev–Trinajstić information content (AvgIpc) is 2.88. The molecular weight excluding hydrogens is 420 g/mol. The van der Waals surface area contributed by atoms with Crippen molar-refractivity contribution in [1.29, 1.82) is 0 Å². The van der Waals surface area contributed by atoms with Crippen LogP contribution in [0.2, 0.25) is 0 Å². The number of anilines is 2. The fraction of sp³-hybridized carbons (Fsp3) is 0.240. The minimum atomic E-state index is -0.494. The number of ketones is 1. The Morgan fingerprint density at radius 3 is 2.30 bits per heavy atom. The third-order valence-corrected chi connectivity index (χ3v) is 5.49. The maximum atomic E-state index is 12.8. The minimum Gasteiger partial charge on any atom is -0.455 e. The largest absolute Gasteiger partial charge is 0.455 e. The number of benzene rings is 2. The number of rotatable bonds is 7. The number of amides is 1.